The van der Waals surface area contributed by atoms with E-state index in [0.29, 0.717) is 11.8 Å². The SMILES string of the molecule is C1=CC(c2ccccc2)CC=C1c1cccc(-n2c3ccccc3c3cc(-c4ccc5c(c4)c4ccccc4n5C4=CC=C5c6ccccc6-c6ccccc6C5C4)ccc32)c1. The number of benzene rings is 8. The molecule has 8 aromatic carbocycles. The van der Waals surface area contributed by atoms with Crippen LogP contribution in [-0.4, -0.2) is 9.13 Å². The van der Waals surface area contributed by atoms with Crippen LogP contribution < -0.4 is 0 Å². The fraction of sp³-hybridized carbons (Fsp3) is 0.0667. The van der Waals surface area contributed by atoms with Gasteiger partial charge in [0.2, 0.25) is 0 Å². The summed E-state index contributed by atoms with van der Waals surface area (Å²) in [4.78, 5) is 0. The molecule has 2 atom stereocenters. The van der Waals surface area contributed by atoms with E-state index in [0.717, 1.165) is 12.8 Å². The van der Waals surface area contributed by atoms with Crippen LogP contribution in [0.5, 0.6) is 0 Å². The Hall–Kier alpha value is -7.68. The van der Waals surface area contributed by atoms with E-state index < -0.39 is 0 Å². The molecule has 292 valence electrons. The first-order chi connectivity index (χ1) is 30.7. The van der Waals surface area contributed by atoms with Crippen LogP contribution in [0.25, 0.3) is 88.4 Å². The monoisotopic (exact) mass is 790 g/mol. The number of aromatic nitrogens is 2. The molecule has 0 fully saturated rings. The molecule has 0 saturated heterocycles. The summed E-state index contributed by atoms with van der Waals surface area (Å²) in [6, 6.07) is 69.7. The fourth-order valence-electron chi connectivity index (χ4n) is 10.9. The molecule has 0 N–H and O–H groups in total. The van der Waals surface area contributed by atoms with Crippen LogP contribution in [0.1, 0.15) is 46.9 Å². The van der Waals surface area contributed by atoms with Crippen molar-refractivity contribution in [1.82, 2.24) is 9.13 Å². The van der Waals surface area contributed by atoms with Gasteiger partial charge in [-0.15, -0.1) is 0 Å². The van der Waals surface area contributed by atoms with Crippen LogP contribution in [0.15, 0.2) is 218 Å². The molecule has 0 bridgehead atoms. The lowest BCUT2D eigenvalue weighted by Gasteiger charge is -2.33. The number of fused-ring (bicyclic) bond motifs is 12. The van der Waals surface area contributed by atoms with Crippen molar-refractivity contribution in [2.45, 2.75) is 24.7 Å². The van der Waals surface area contributed by atoms with Crippen molar-refractivity contribution in [3.8, 4) is 27.9 Å². The second-order valence-corrected chi connectivity index (χ2v) is 17.2. The number of allylic oxidation sites excluding steroid dienone is 8. The van der Waals surface area contributed by atoms with Crippen molar-refractivity contribution in [2.75, 3.05) is 0 Å². The zero-order valence-corrected chi connectivity index (χ0v) is 34.2. The highest BCUT2D eigenvalue weighted by Crippen LogP contribution is 2.52. The standard InChI is InChI=1S/C60H42N2/c1-2-13-39(14-3-1)40-25-27-41(28-26-40)42-15-12-16-45(35-42)61-57-23-10-8-21-52(57)55-36-43(29-33-59(55)61)44-30-34-60-56(37-44)53-22-9-11-24-58(53)62(60)46-31-32-51-49-19-5-4-17-47(49)48-18-6-7-20-50(48)54(51)38-46/h1-25,27-37,40,54H,26,38H2. The summed E-state index contributed by atoms with van der Waals surface area (Å²) in [5, 5.41) is 5.09. The normalized spacial score (nSPS) is 16.8. The molecule has 13 rings (SSSR count). The maximum Gasteiger partial charge on any atom is 0.0541 e. The molecular weight excluding hydrogens is 749 g/mol. The molecule has 62 heavy (non-hydrogen) atoms. The molecule has 0 radical (unpaired) electrons. The topological polar surface area (TPSA) is 9.86 Å². The van der Waals surface area contributed by atoms with E-state index in [2.05, 4.69) is 228 Å². The van der Waals surface area contributed by atoms with Crippen LogP contribution >= 0.6 is 0 Å². The highest BCUT2D eigenvalue weighted by Gasteiger charge is 2.32. The summed E-state index contributed by atoms with van der Waals surface area (Å²) in [5.41, 5.74) is 20.7. The van der Waals surface area contributed by atoms with Gasteiger partial charge in [-0.2, -0.15) is 0 Å². The smallest absolute Gasteiger partial charge is 0.0541 e. The predicted octanol–water partition coefficient (Wildman–Crippen LogP) is 15.8. The summed E-state index contributed by atoms with van der Waals surface area (Å²) in [6.45, 7) is 0. The van der Waals surface area contributed by atoms with Crippen LogP contribution in [0, 0.1) is 0 Å². The van der Waals surface area contributed by atoms with Gasteiger partial charge in [0.1, 0.15) is 0 Å². The van der Waals surface area contributed by atoms with Crippen LogP contribution in [0.4, 0.5) is 0 Å². The quantitative estimate of drug-likeness (QED) is 0.164. The lowest BCUT2D eigenvalue weighted by molar-refractivity contribution is 0.850. The molecule has 0 aliphatic heterocycles. The van der Waals surface area contributed by atoms with Crippen molar-refractivity contribution < 1.29 is 0 Å². The van der Waals surface area contributed by atoms with Gasteiger partial charge in [0.25, 0.3) is 0 Å². The minimum absolute atomic E-state index is 0.307. The van der Waals surface area contributed by atoms with Crippen LogP contribution in [-0.2, 0) is 0 Å². The Balaban J connectivity index is 0.887. The minimum atomic E-state index is 0.307. The number of para-hydroxylation sites is 2. The number of rotatable bonds is 5. The van der Waals surface area contributed by atoms with Gasteiger partial charge < -0.3 is 9.13 Å². The third-order valence-electron chi connectivity index (χ3n) is 13.8. The van der Waals surface area contributed by atoms with Gasteiger partial charge in [-0.05, 0) is 123 Å². The zero-order valence-electron chi connectivity index (χ0n) is 34.2. The Morgan fingerprint density at radius 2 is 1.06 bits per heavy atom. The van der Waals surface area contributed by atoms with E-state index in [1.165, 1.54) is 111 Å². The number of nitrogens with zero attached hydrogens (tertiary/aromatic N) is 2. The molecule has 0 amide bonds. The summed E-state index contributed by atoms with van der Waals surface area (Å²) in [6.07, 6.45) is 13.8. The predicted molar refractivity (Wildman–Crippen MR) is 262 cm³/mol. The van der Waals surface area contributed by atoms with Gasteiger partial charge in [-0.3, -0.25) is 0 Å². The van der Waals surface area contributed by atoms with E-state index in [1.807, 2.05) is 0 Å². The third kappa shape index (κ3) is 5.43. The molecule has 2 heteroatoms. The molecule has 10 aromatic rings. The minimum Gasteiger partial charge on any atom is -0.313 e. The fourth-order valence-corrected chi connectivity index (χ4v) is 10.9. The lowest BCUT2D eigenvalue weighted by atomic mass is 9.72. The van der Waals surface area contributed by atoms with Crippen molar-refractivity contribution in [2.24, 2.45) is 0 Å². The summed E-state index contributed by atoms with van der Waals surface area (Å²) in [7, 11) is 0. The van der Waals surface area contributed by atoms with E-state index in [-0.39, 0.29) is 0 Å². The van der Waals surface area contributed by atoms with Gasteiger partial charge in [0.15, 0.2) is 0 Å². The zero-order chi connectivity index (χ0) is 40.7. The molecule has 3 aliphatic carbocycles. The van der Waals surface area contributed by atoms with Gasteiger partial charge in [-0.1, -0.05) is 164 Å². The first kappa shape index (κ1) is 35.1. The molecule has 2 aromatic heterocycles. The second-order valence-electron chi connectivity index (χ2n) is 17.2. The Morgan fingerprint density at radius 3 is 1.81 bits per heavy atom. The Kier molecular flexibility index (Phi) is 7.90. The highest BCUT2D eigenvalue weighted by molar-refractivity contribution is 6.13. The van der Waals surface area contributed by atoms with Crippen LogP contribution in [0.2, 0.25) is 0 Å². The molecular formula is C60H42N2. The molecule has 2 nitrogen and oxygen atoms in total. The van der Waals surface area contributed by atoms with E-state index >= 15 is 0 Å². The van der Waals surface area contributed by atoms with Gasteiger partial charge >= 0.3 is 0 Å². The first-order valence-corrected chi connectivity index (χ1v) is 22.0. The molecule has 3 aliphatic rings. The van der Waals surface area contributed by atoms with Crippen molar-refractivity contribution in [3.63, 3.8) is 0 Å². The average molecular weight is 791 g/mol. The summed E-state index contributed by atoms with van der Waals surface area (Å²) in [5.74, 6) is 0.727. The third-order valence-corrected chi connectivity index (χ3v) is 13.8. The molecule has 0 spiro atoms. The second kappa shape index (κ2) is 13.9. The van der Waals surface area contributed by atoms with E-state index in [4.69, 9.17) is 0 Å². The lowest BCUT2D eigenvalue weighted by Crippen LogP contribution is -2.15. The molecule has 0 saturated carbocycles. The number of hydrogen-bond donors (Lipinski definition) is 0. The Morgan fingerprint density at radius 1 is 0.435 bits per heavy atom. The van der Waals surface area contributed by atoms with E-state index in [9.17, 15) is 0 Å². The highest BCUT2D eigenvalue weighted by atomic mass is 15.0. The molecule has 2 heterocycles. The molecule has 2 unspecified atom stereocenters. The van der Waals surface area contributed by atoms with Crippen LogP contribution in [0.3, 0.4) is 0 Å². The van der Waals surface area contributed by atoms with Gasteiger partial charge in [-0.25, -0.2) is 0 Å². The van der Waals surface area contributed by atoms with Gasteiger partial charge in [0.05, 0.1) is 22.1 Å². The first-order valence-electron chi connectivity index (χ1n) is 22.0. The Labute approximate surface area is 361 Å². The van der Waals surface area contributed by atoms with E-state index in [1.54, 1.807) is 0 Å². The number of hydrogen-bond acceptors (Lipinski definition) is 0. The van der Waals surface area contributed by atoms with Crippen molar-refractivity contribution >= 4 is 60.5 Å². The maximum atomic E-state index is 2.52. The summed E-state index contributed by atoms with van der Waals surface area (Å²) < 4.78 is 4.96. The van der Waals surface area contributed by atoms with Crippen molar-refractivity contribution in [3.05, 3.63) is 241 Å². The Bertz CT molecular complexity index is 3580. The van der Waals surface area contributed by atoms with Crippen molar-refractivity contribution in [1.29, 1.82) is 0 Å². The summed E-state index contributed by atoms with van der Waals surface area (Å²) >= 11 is 0. The largest absolute Gasteiger partial charge is 0.313 e. The average Bonchev–Trinajstić information content (AvgIpc) is 3.86. The maximum absolute atomic E-state index is 2.52. The van der Waals surface area contributed by atoms with Gasteiger partial charge in [0, 0.05) is 44.8 Å².